The molecule has 28 heavy (non-hydrogen) atoms. The summed E-state index contributed by atoms with van der Waals surface area (Å²) in [6.45, 7) is -0.139. The van der Waals surface area contributed by atoms with Crippen LogP contribution in [0.2, 0.25) is 0 Å². The third kappa shape index (κ3) is 3.39. The number of fused-ring (bicyclic) bond motifs is 1. The minimum Gasteiger partial charge on any atom is -0.497 e. The Hall–Kier alpha value is -3.81. The van der Waals surface area contributed by atoms with Gasteiger partial charge in [-0.3, -0.25) is 0 Å². The molecule has 0 radical (unpaired) electrons. The smallest absolute Gasteiger partial charge is 0.355 e. The number of aromatic nitrogens is 3. The number of hydrogen-bond donors (Lipinski definition) is 1. The molecule has 2 heterocycles. The number of nitrogens with one attached hydrogen (secondary N) is 1. The van der Waals surface area contributed by atoms with Crippen molar-refractivity contribution in [2.75, 3.05) is 14.2 Å². The molecule has 0 spiro atoms. The number of H-pyrrole nitrogens is 1. The fourth-order valence-electron chi connectivity index (χ4n) is 2.80. The number of esters is 1. The Morgan fingerprint density at radius 1 is 1.11 bits per heavy atom. The van der Waals surface area contributed by atoms with Gasteiger partial charge in [-0.1, -0.05) is 17.3 Å². The van der Waals surface area contributed by atoms with Crippen LogP contribution in [0.3, 0.4) is 0 Å². The van der Waals surface area contributed by atoms with Crippen molar-refractivity contribution in [1.29, 1.82) is 0 Å². The summed E-state index contributed by atoms with van der Waals surface area (Å²) < 4.78 is 20.9. The SMILES string of the molecule is COc1ccc2cc(C(=O)OCc3nc(-c4ccccc4OC)no3)[nH]c2c1. The second kappa shape index (κ2) is 7.43. The van der Waals surface area contributed by atoms with Gasteiger partial charge in [-0.25, -0.2) is 4.79 Å². The van der Waals surface area contributed by atoms with E-state index in [1.807, 2.05) is 36.4 Å². The highest BCUT2D eigenvalue weighted by atomic mass is 16.6. The zero-order chi connectivity index (χ0) is 19.5. The number of hydrogen-bond acceptors (Lipinski definition) is 7. The number of para-hydroxylation sites is 1. The Morgan fingerprint density at radius 3 is 2.79 bits per heavy atom. The van der Waals surface area contributed by atoms with Crippen LogP contribution in [-0.2, 0) is 11.3 Å². The first-order chi connectivity index (χ1) is 13.7. The van der Waals surface area contributed by atoms with E-state index >= 15 is 0 Å². The Kier molecular flexibility index (Phi) is 4.67. The lowest BCUT2D eigenvalue weighted by Gasteiger charge is -2.03. The topological polar surface area (TPSA) is 99.5 Å². The Balaban J connectivity index is 1.46. The highest BCUT2D eigenvalue weighted by Crippen LogP contribution is 2.27. The summed E-state index contributed by atoms with van der Waals surface area (Å²) in [6.07, 6.45) is 0. The Morgan fingerprint density at radius 2 is 1.96 bits per heavy atom. The van der Waals surface area contributed by atoms with Crippen molar-refractivity contribution in [3.63, 3.8) is 0 Å². The zero-order valence-corrected chi connectivity index (χ0v) is 15.3. The molecule has 1 N–H and O–H groups in total. The molecule has 2 aromatic carbocycles. The van der Waals surface area contributed by atoms with E-state index < -0.39 is 5.97 Å². The Bertz CT molecular complexity index is 1130. The molecule has 4 aromatic rings. The van der Waals surface area contributed by atoms with E-state index in [-0.39, 0.29) is 12.5 Å². The molecular weight excluding hydrogens is 362 g/mol. The largest absolute Gasteiger partial charge is 0.497 e. The third-order valence-electron chi connectivity index (χ3n) is 4.19. The molecule has 0 aliphatic carbocycles. The van der Waals surface area contributed by atoms with Gasteiger partial charge in [-0.2, -0.15) is 4.98 Å². The van der Waals surface area contributed by atoms with Crippen molar-refractivity contribution in [3.8, 4) is 22.9 Å². The van der Waals surface area contributed by atoms with Gasteiger partial charge in [-0.05, 0) is 30.3 Å². The first-order valence-electron chi connectivity index (χ1n) is 8.48. The van der Waals surface area contributed by atoms with Gasteiger partial charge in [0.15, 0.2) is 6.61 Å². The van der Waals surface area contributed by atoms with Gasteiger partial charge in [0.25, 0.3) is 5.89 Å². The van der Waals surface area contributed by atoms with E-state index in [0.29, 0.717) is 28.6 Å². The molecule has 0 aliphatic rings. The molecular formula is C20H17N3O5. The number of nitrogens with zero attached hydrogens (tertiary/aromatic N) is 2. The van der Waals surface area contributed by atoms with E-state index in [9.17, 15) is 4.79 Å². The molecule has 2 aromatic heterocycles. The van der Waals surface area contributed by atoms with E-state index in [2.05, 4.69) is 15.1 Å². The van der Waals surface area contributed by atoms with Gasteiger partial charge >= 0.3 is 5.97 Å². The maximum Gasteiger partial charge on any atom is 0.355 e. The number of rotatable bonds is 6. The average molecular weight is 379 g/mol. The molecule has 142 valence electrons. The summed E-state index contributed by atoms with van der Waals surface area (Å²) in [5.41, 5.74) is 1.80. The monoisotopic (exact) mass is 379 g/mol. The summed E-state index contributed by atoms with van der Waals surface area (Å²) in [5, 5.41) is 4.80. The summed E-state index contributed by atoms with van der Waals surface area (Å²) in [7, 11) is 3.15. The lowest BCUT2D eigenvalue weighted by Crippen LogP contribution is -2.05. The van der Waals surface area contributed by atoms with Crippen LogP contribution in [0, 0.1) is 0 Å². The fraction of sp³-hybridized carbons (Fsp3) is 0.150. The summed E-state index contributed by atoms with van der Waals surface area (Å²) >= 11 is 0. The number of methoxy groups -OCH3 is 2. The predicted octanol–water partition coefficient (Wildman–Crippen LogP) is 3.59. The van der Waals surface area contributed by atoms with Crippen LogP contribution in [-0.4, -0.2) is 35.3 Å². The van der Waals surface area contributed by atoms with Crippen molar-refractivity contribution in [3.05, 3.63) is 60.1 Å². The van der Waals surface area contributed by atoms with Gasteiger partial charge in [-0.15, -0.1) is 0 Å². The molecule has 4 rings (SSSR count). The highest BCUT2D eigenvalue weighted by molar-refractivity contribution is 5.95. The Labute approximate surface area is 160 Å². The predicted molar refractivity (Wildman–Crippen MR) is 100 cm³/mol. The average Bonchev–Trinajstić information content (AvgIpc) is 3.38. The van der Waals surface area contributed by atoms with Crippen LogP contribution >= 0.6 is 0 Å². The van der Waals surface area contributed by atoms with Crippen LogP contribution in [0.15, 0.2) is 53.1 Å². The van der Waals surface area contributed by atoms with E-state index in [0.717, 1.165) is 10.9 Å². The van der Waals surface area contributed by atoms with E-state index in [4.69, 9.17) is 18.7 Å². The molecule has 0 unspecified atom stereocenters. The number of carbonyl (C=O) groups excluding carboxylic acids is 1. The molecule has 0 saturated carbocycles. The minimum absolute atomic E-state index is 0.139. The standard InChI is InChI=1S/C20H17N3O5/c1-25-13-8-7-12-9-16(21-15(12)10-13)20(24)27-11-18-22-19(23-28-18)14-5-3-4-6-17(14)26-2/h3-10,21H,11H2,1-2H3. The number of carbonyl (C=O) groups is 1. The molecule has 0 fully saturated rings. The maximum absolute atomic E-state index is 12.3. The van der Waals surface area contributed by atoms with Crippen molar-refractivity contribution in [2.45, 2.75) is 6.61 Å². The van der Waals surface area contributed by atoms with Crippen molar-refractivity contribution in [1.82, 2.24) is 15.1 Å². The first-order valence-corrected chi connectivity index (χ1v) is 8.48. The minimum atomic E-state index is -0.521. The number of aromatic amines is 1. The van der Waals surface area contributed by atoms with Gasteiger partial charge in [0.2, 0.25) is 5.82 Å². The maximum atomic E-state index is 12.3. The molecule has 0 bridgehead atoms. The van der Waals surface area contributed by atoms with Gasteiger partial charge in [0.1, 0.15) is 17.2 Å². The van der Waals surface area contributed by atoms with Gasteiger partial charge < -0.3 is 23.7 Å². The molecule has 8 heteroatoms. The quantitative estimate of drug-likeness (QED) is 0.511. The lowest BCUT2D eigenvalue weighted by atomic mass is 10.2. The summed E-state index contributed by atoms with van der Waals surface area (Å²) in [4.78, 5) is 19.6. The van der Waals surface area contributed by atoms with Gasteiger partial charge in [0, 0.05) is 17.0 Å². The zero-order valence-electron chi connectivity index (χ0n) is 15.3. The first kappa shape index (κ1) is 17.6. The lowest BCUT2D eigenvalue weighted by molar-refractivity contribution is 0.0424. The summed E-state index contributed by atoms with van der Waals surface area (Å²) in [5.74, 6) is 1.35. The fourth-order valence-corrected chi connectivity index (χ4v) is 2.80. The van der Waals surface area contributed by atoms with Crippen molar-refractivity contribution < 1.29 is 23.5 Å². The number of ether oxygens (including phenoxy) is 3. The van der Waals surface area contributed by atoms with Crippen LogP contribution in [0.25, 0.3) is 22.3 Å². The molecule has 8 nitrogen and oxygen atoms in total. The van der Waals surface area contributed by atoms with E-state index in [1.54, 1.807) is 26.4 Å². The van der Waals surface area contributed by atoms with Crippen LogP contribution in [0.4, 0.5) is 0 Å². The van der Waals surface area contributed by atoms with Crippen molar-refractivity contribution >= 4 is 16.9 Å². The molecule has 0 amide bonds. The van der Waals surface area contributed by atoms with Crippen LogP contribution in [0.5, 0.6) is 11.5 Å². The molecule has 0 aliphatic heterocycles. The number of benzene rings is 2. The van der Waals surface area contributed by atoms with Crippen molar-refractivity contribution in [2.24, 2.45) is 0 Å². The second-order valence-corrected chi connectivity index (χ2v) is 5.92. The van der Waals surface area contributed by atoms with Crippen LogP contribution in [0.1, 0.15) is 16.4 Å². The second-order valence-electron chi connectivity index (χ2n) is 5.92. The highest BCUT2D eigenvalue weighted by Gasteiger charge is 2.16. The normalized spacial score (nSPS) is 10.8. The van der Waals surface area contributed by atoms with E-state index in [1.165, 1.54) is 0 Å². The van der Waals surface area contributed by atoms with Gasteiger partial charge in [0.05, 0.1) is 19.8 Å². The molecule has 0 atom stereocenters. The molecule has 0 saturated heterocycles. The summed E-state index contributed by atoms with van der Waals surface area (Å²) in [6, 6.07) is 14.5. The third-order valence-corrected chi connectivity index (χ3v) is 4.19. The van der Waals surface area contributed by atoms with Crippen LogP contribution < -0.4 is 9.47 Å².